The highest BCUT2D eigenvalue weighted by atomic mass is 16.5. The van der Waals surface area contributed by atoms with Gasteiger partial charge in [-0.25, -0.2) is 0 Å². The summed E-state index contributed by atoms with van der Waals surface area (Å²) in [6.45, 7) is 16.3. The molecule has 0 aliphatic carbocycles. The maximum absolute atomic E-state index is 14.2. The van der Waals surface area contributed by atoms with E-state index in [0.717, 1.165) is 6.42 Å². The van der Waals surface area contributed by atoms with E-state index in [2.05, 4.69) is 31.4 Å². The highest BCUT2D eigenvalue weighted by molar-refractivity contribution is 6.02. The molecule has 0 aromatic heterocycles. The summed E-state index contributed by atoms with van der Waals surface area (Å²) in [5.41, 5.74) is -2.00. The molecule has 3 amide bonds. The van der Waals surface area contributed by atoms with Gasteiger partial charge in [0.05, 0.1) is 36.7 Å². The Morgan fingerprint density at radius 3 is 2.33 bits per heavy atom. The van der Waals surface area contributed by atoms with Crippen LogP contribution in [0.3, 0.4) is 0 Å². The number of amides is 3. The van der Waals surface area contributed by atoms with E-state index in [1.54, 1.807) is 24.3 Å². The van der Waals surface area contributed by atoms with Crippen molar-refractivity contribution in [1.29, 1.82) is 0 Å². The molecule has 4 rings (SSSR count). The number of carbonyl (C=O) groups is 3. The minimum Gasteiger partial charge on any atom is -0.494 e. The Labute approximate surface area is 238 Å². The molecule has 3 aliphatic heterocycles. The van der Waals surface area contributed by atoms with E-state index >= 15 is 0 Å². The number of rotatable bonds is 10. The van der Waals surface area contributed by atoms with Gasteiger partial charge in [0.1, 0.15) is 17.4 Å². The number of ether oxygens (including phenoxy) is 2. The highest BCUT2D eigenvalue weighted by Crippen LogP contribution is 2.63. The fourth-order valence-electron chi connectivity index (χ4n) is 7.66. The van der Waals surface area contributed by atoms with Crippen LogP contribution in [0.1, 0.15) is 81.1 Å². The lowest BCUT2D eigenvalue weighted by molar-refractivity contribution is -0.149. The number of nitrogens with one attached hydrogen (secondary N) is 2. The fraction of sp³-hybridized carbons (Fsp3) is 0.710. The Hall–Kier alpha value is -2.65. The average molecular weight is 558 g/mol. The van der Waals surface area contributed by atoms with Crippen LogP contribution < -0.4 is 15.4 Å². The number of carbonyl (C=O) groups excluding carboxylic acids is 3. The number of benzene rings is 1. The predicted molar refractivity (Wildman–Crippen MR) is 153 cm³/mol. The summed E-state index contributed by atoms with van der Waals surface area (Å²) in [4.78, 5) is 43.7. The average Bonchev–Trinajstić information content (AvgIpc) is 3.40. The molecule has 2 unspecified atom stereocenters. The van der Waals surface area contributed by atoms with Crippen LogP contribution in [0.25, 0.3) is 0 Å². The third-order valence-electron chi connectivity index (χ3n) is 8.69. The molecule has 3 aliphatic rings. The highest BCUT2D eigenvalue weighted by Gasteiger charge is 2.78. The Morgan fingerprint density at radius 1 is 1.12 bits per heavy atom. The molecule has 222 valence electrons. The van der Waals surface area contributed by atoms with Gasteiger partial charge in [-0.15, -0.1) is 0 Å². The standard InChI is InChI=1S/C31H47N3O6/c1-9-20(17-35)34-24(26(37)33-29(6,7)18-28(3,4)5)31-16-15-30(8,40-31)22(23(31)27(34)38)25(36)32-19-11-13-21(14-12-19)39-10-2/h11-14,20,22-24,35H,9-10,15-18H2,1-8H3,(H,32,36)(H,33,37)/t20-,22+,23-,24?,30-,31?/m0/s1. The number of anilines is 1. The van der Waals surface area contributed by atoms with Crippen molar-refractivity contribution >= 4 is 23.4 Å². The molecule has 40 heavy (non-hydrogen) atoms. The molecule has 1 aromatic rings. The largest absolute Gasteiger partial charge is 0.494 e. The first-order valence-electron chi connectivity index (χ1n) is 14.6. The molecule has 9 heteroatoms. The monoisotopic (exact) mass is 557 g/mol. The van der Waals surface area contributed by atoms with E-state index < -0.39 is 40.7 Å². The van der Waals surface area contributed by atoms with E-state index in [0.29, 0.717) is 37.3 Å². The molecule has 3 saturated heterocycles. The molecule has 3 N–H and O–H groups in total. The third kappa shape index (κ3) is 5.34. The minimum atomic E-state index is -1.14. The van der Waals surface area contributed by atoms with Gasteiger partial charge in [-0.3, -0.25) is 14.4 Å². The van der Waals surface area contributed by atoms with Gasteiger partial charge in [-0.1, -0.05) is 27.7 Å². The van der Waals surface area contributed by atoms with Crippen molar-refractivity contribution in [3.8, 4) is 5.75 Å². The smallest absolute Gasteiger partial charge is 0.246 e. The molecule has 0 saturated carbocycles. The SMILES string of the molecule is CCOc1ccc(NC(=O)[C@H]2[C@H]3C(=O)N([C@@H](CC)CO)C(C(=O)NC(C)(C)CC(C)(C)C)C34CC[C@]2(C)O4)cc1. The van der Waals surface area contributed by atoms with Crippen LogP contribution >= 0.6 is 0 Å². The third-order valence-corrected chi connectivity index (χ3v) is 8.69. The Kier molecular flexibility index (Phi) is 8.06. The van der Waals surface area contributed by atoms with Gasteiger partial charge in [-0.2, -0.15) is 0 Å². The summed E-state index contributed by atoms with van der Waals surface area (Å²) < 4.78 is 12.2. The number of hydrogen-bond donors (Lipinski definition) is 3. The summed E-state index contributed by atoms with van der Waals surface area (Å²) in [7, 11) is 0. The molecule has 6 atom stereocenters. The van der Waals surface area contributed by atoms with Crippen LogP contribution in [0.5, 0.6) is 5.75 Å². The van der Waals surface area contributed by atoms with Crippen LogP contribution in [-0.4, -0.2) is 69.8 Å². The molecule has 3 fully saturated rings. The van der Waals surface area contributed by atoms with Crippen molar-refractivity contribution in [2.24, 2.45) is 17.3 Å². The number of hydrogen-bond acceptors (Lipinski definition) is 6. The topological polar surface area (TPSA) is 117 Å². The lowest BCUT2D eigenvalue weighted by atomic mass is 9.66. The number of likely N-dealkylation sites (tertiary alicyclic amines) is 1. The zero-order valence-electron chi connectivity index (χ0n) is 25.3. The van der Waals surface area contributed by atoms with Crippen molar-refractivity contribution in [1.82, 2.24) is 10.2 Å². The van der Waals surface area contributed by atoms with E-state index in [4.69, 9.17) is 9.47 Å². The summed E-state index contributed by atoms with van der Waals surface area (Å²) in [6.07, 6.45) is 2.24. The molecular formula is C31H47N3O6. The van der Waals surface area contributed by atoms with Gasteiger partial charge >= 0.3 is 0 Å². The second-order valence-electron chi connectivity index (χ2n) is 13.8. The molecule has 3 heterocycles. The molecule has 2 bridgehead atoms. The summed E-state index contributed by atoms with van der Waals surface area (Å²) in [6, 6.07) is 5.61. The summed E-state index contributed by atoms with van der Waals surface area (Å²) in [5.74, 6) is -1.80. The lowest BCUT2D eigenvalue weighted by Crippen LogP contribution is -2.61. The van der Waals surface area contributed by atoms with E-state index in [1.165, 1.54) is 4.90 Å². The first-order valence-corrected chi connectivity index (χ1v) is 14.6. The summed E-state index contributed by atoms with van der Waals surface area (Å²) >= 11 is 0. The van der Waals surface area contributed by atoms with Crippen LogP contribution in [-0.2, 0) is 19.1 Å². The maximum Gasteiger partial charge on any atom is 0.246 e. The van der Waals surface area contributed by atoms with Gasteiger partial charge in [0.2, 0.25) is 17.7 Å². The number of aliphatic hydroxyl groups excluding tert-OH is 1. The van der Waals surface area contributed by atoms with Crippen molar-refractivity contribution in [2.45, 2.75) is 110 Å². The quantitative estimate of drug-likeness (QED) is 0.402. The zero-order valence-corrected chi connectivity index (χ0v) is 25.3. The Bertz CT molecular complexity index is 1120. The van der Waals surface area contributed by atoms with Crippen molar-refractivity contribution in [3.05, 3.63) is 24.3 Å². The van der Waals surface area contributed by atoms with Crippen LogP contribution in [0, 0.1) is 17.3 Å². The van der Waals surface area contributed by atoms with Gasteiger partial charge in [-0.05, 0) is 83.1 Å². The molecule has 0 radical (unpaired) electrons. The van der Waals surface area contributed by atoms with Gasteiger partial charge < -0.3 is 30.1 Å². The Morgan fingerprint density at radius 2 is 1.77 bits per heavy atom. The normalized spacial score (nSPS) is 30.3. The van der Waals surface area contributed by atoms with E-state index in [-0.39, 0.29) is 29.7 Å². The second kappa shape index (κ2) is 10.6. The fourth-order valence-corrected chi connectivity index (χ4v) is 7.66. The zero-order chi connectivity index (χ0) is 29.7. The van der Waals surface area contributed by atoms with Gasteiger partial charge in [0.15, 0.2) is 0 Å². The van der Waals surface area contributed by atoms with Crippen molar-refractivity contribution < 1.29 is 29.0 Å². The van der Waals surface area contributed by atoms with Crippen LogP contribution in [0.2, 0.25) is 0 Å². The second-order valence-corrected chi connectivity index (χ2v) is 13.8. The van der Waals surface area contributed by atoms with Gasteiger partial charge in [0, 0.05) is 11.2 Å². The number of fused-ring (bicyclic) bond motifs is 1. The Balaban J connectivity index is 1.68. The lowest BCUT2D eigenvalue weighted by Gasteiger charge is -2.40. The first-order chi connectivity index (χ1) is 18.6. The first kappa shape index (κ1) is 30.3. The number of nitrogens with zero attached hydrogens (tertiary/aromatic N) is 1. The molecular weight excluding hydrogens is 510 g/mol. The summed E-state index contributed by atoms with van der Waals surface area (Å²) in [5, 5.41) is 16.4. The van der Waals surface area contributed by atoms with Gasteiger partial charge in [0.25, 0.3) is 0 Å². The predicted octanol–water partition coefficient (Wildman–Crippen LogP) is 3.89. The van der Waals surface area contributed by atoms with Crippen molar-refractivity contribution in [2.75, 3.05) is 18.5 Å². The van der Waals surface area contributed by atoms with E-state index in [9.17, 15) is 19.5 Å². The molecule has 1 aromatic carbocycles. The molecule has 9 nitrogen and oxygen atoms in total. The molecule has 1 spiro atoms. The van der Waals surface area contributed by atoms with Crippen LogP contribution in [0.15, 0.2) is 24.3 Å². The maximum atomic E-state index is 14.2. The van der Waals surface area contributed by atoms with Crippen LogP contribution in [0.4, 0.5) is 5.69 Å². The number of aliphatic hydroxyl groups is 1. The van der Waals surface area contributed by atoms with Crippen molar-refractivity contribution in [3.63, 3.8) is 0 Å². The van der Waals surface area contributed by atoms with E-state index in [1.807, 2.05) is 34.6 Å². The minimum absolute atomic E-state index is 0.0281.